The van der Waals surface area contributed by atoms with Crippen molar-refractivity contribution >= 4 is 11.8 Å². The van der Waals surface area contributed by atoms with Crippen LogP contribution in [0.1, 0.15) is 26.7 Å². The number of hydrogen-bond donors (Lipinski definition) is 3. The number of piperidine rings is 1. The number of carbonyl (C=O) groups excluding carboxylic acids is 2. The summed E-state index contributed by atoms with van der Waals surface area (Å²) in [6.07, 6.45) is 1.56. The van der Waals surface area contributed by atoms with Gasteiger partial charge in [-0.3, -0.25) is 9.59 Å². The van der Waals surface area contributed by atoms with E-state index in [1.54, 1.807) is 4.90 Å². The maximum Gasteiger partial charge on any atom is 0.225 e. The predicted molar refractivity (Wildman–Crippen MR) is 65.7 cm³/mol. The fourth-order valence-corrected chi connectivity index (χ4v) is 1.95. The molecule has 104 valence electrons. The Morgan fingerprint density at radius 1 is 1.50 bits per heavy atom. The van der Waals surface area contributed by atoms with Gasteiger partial charge in [-0.1, -0.05) is 0 Å². The van der Waals surface area contributed by atoms with Crippen LogP contribution in [-0.4, -0.2) is 58.8 Å². The van der Waals surface area contributed by atoms with E-state index in [2.05, 4.69) is 5.32 Å². The largest absolute Gasteiger partial charge is 0.393 e. The molecule has 0 aromatic heterocycles. The maximum atomic E-state index is 11.9. The minimum absolute atomic E-state index is 0.0128. The lowest BCUT2D eigenvalue weighted by Crippen LogP contribution is -2.49. The van der Waals surface area contributed by atoms with Crippen LogP contribution in [0.4, 0.5) is 0 Å². The van der Waals surface area contributed by atoms with Gasteiger partial charge in [0, 0.05) is 26.6 Å². The van der Waals surface area contributed by atoms with Gasteiger partial charge < -0.3 is 20.4 Å². The number of aliphatic hydroxyl groups excluding tert-OH is 1. The number of rotatable bonds is 4. The molecule has 0 aromatic rings. The van der Waals surface area contributed by atoms with Gasteiger partial charge in [0.2, 0.25) is 11.8 Å². The summed E-state index contributed by atoms with van der Waals surface area (Å²) in [6.45, 7) is 3.69. The number of amides is 2. The standard InChI is InChI=1S/C12H22N2O4/c1-9(16)14-5-3-4-10(6-14)11(17)13-7-12(2,18)8-15/h10,15,18H,3-8H2,1-2H3,(H,13,17). The number of nitrogens with one attached hydrogen (secondary N) is 1. The van der Waals surface area contributed by atoms with Gasteiger partial charge in [0.05, 0.1) is 12.5 Å². The summed E-state index contributed by atoms with van der Waals surface area (Å²) in [5, 5.41) is 21.1. The molecule has 0 bridgehead atoms. The average molecular weight is 258 g/mol. The molecule has 1 aliphatic rings. The van der Waals surface area contributed by atoms with Crippen LogP contribution in [0.25, 0.3) is 0 Å². The van der Waals surface area contributed by atoms with Crippen molar-refractivity contribution in [3.8, 4) is 0 Å². The smallest absolute Gasteiger partial charge is 0.225 e. The minimum Gasteiger partial charge on any atom is -0.393 e. The number of carbonyl (C=O) groups is 2. The first kappa shape index (κ1) is 14.9. The first-order chi connectivity index (χ1) is 8.35. The van der Waals surface area contributed by atoms with Crippen LogP contribution in [0.5, 0.6) is 0 Å². The topological polar surface area (TPSA) is 89.9 Å². The molecule has 2 unspecified atom stereocenters. The van der Waals surface area contributed by atoms with Crippen molar-refractivity contribution in [2.75, 3.05) is 26.2 Å². The first-order valence-corrected chi connectivity index (χ1v) is 6.22. The van der Waals surface area contributed by atoms with E-state index >= 15 is 0 Å². The normalized spacial score (nSPS) is 23.3. The third-order valence-electron chi connectivity index (χ3n) is 3.22. The van der Waals surface area contributed by atoms with Crippen LogP contribution in [0, 0.1) is 5.92 Å². The lowest BCUT2D eigenvalue weighted by Gasteiger charge is -2.32. The first-order valence-electron chi connectivity index (χ1n) is 6.22. The molecular weight excluding hydrogens is 236 g/mol. The molecule has 0 saturated carbocycles. The van der Waals surface area contributed by atoms with Crippen molar-refractivity contribution in [2.45, 2.75) is 32.3 Å². The van der Waals surface area contributed by atoms with Gasteiger partial charge in [-0.05, 0) is 19.8 Å². The second kappa shape index (κ2) is 6.15. The van der Waals surface area contributed by atoms with E-state index in [0.29, 0.717) is 13.1 Å². The second-order valence-electron chi connectivity index (χ2n) is 5.18. The molecule has 6 heteroatoms. The number of likely N-dealkylation sites (tertiary alicyclic amines) is 1. The van der Waals surface area contributed by atoms with Gasteiger partial charge in [0.25, 0.3) is 0 Å². The zero-order valence-electron chi connectivity index (χ0n) is 11.0. The van der Waals surface area contributed by atoms with Gasteiger partial charge in [0.1, 0.15) is 5.60 Å². The molecule has 0 spiro atoms. The average Bonchev–Trinajstić information content (AvgIpc) is 2.36. The van der Waals surface area contributed by atoms with Crippen molar-refractivity contribution < 1.29 is 19.8 Å². The van der Waals surface area contributed by atoms with E-state index in [1.807, 2.05) is 0 Å². The van der Waals surface area contributed by atoms with Crippen LogP contribution in [0.15, 0.2) is 0 Å². The number of aliphatic hydroxyl groups is 2. The summed E-state index contributed by atoms with van der Waals surface area (Å²) in [7, 11) is 0. The van der Waals surface area contributed by atoms with E-state index in [1.165, 1.54) is 13.8 Å². The molecule has 2 atom stereocenters. The number of hydrogen-bond acceptors (Lipinski definition) is 4. The van der Waals surface area contributed by atoms with Crippen LogP contribution in [-0.2, 0) is 9.59 Å². The molecule has 0 radical (unpaired) electrons. The minimum atomic E-state index is -1.30. The Bertz CT molecular complexity index is 317. The van der Waals surface area contributed by atoms with E-state index < -0.39 is 12.2 Å². The van der Waals surface area contributed by atoms with Crippen LogP contribution in [0.2, 0.25) is 0 Å². The van der Waals surface area contributed by atoms with E-state index in [0.717, 1.165) is 12.8 Å². The Balaban J connectivity index is 2.44. The van der Waals surface area contributed by atoms with Gasteiger partial charge >= 0.3 is 0 Å². The van der Waals surface area contributed by atoms with Crippen molar-refractivity contribution in [3.05, 3.63) is 0 Å². The second-order valence-corrected chi connectivity index (χ2v) is 5.18. The highest BCUT2D eigenvalue weighted by Gasteiger charge is 2.28. The monoisotopic (exact) mass is 258 g/mol. The van der Waals surface area contributed by atoms with E-state index in [4.69, 9.17) is 5.11 Å². The Labute approximate surface area is 107 Å². The molecule has 1 aliphatic heterocycles. The number of nitrogens with zero attached hydrogens (tertiary/aromatic N) is 1. The Hall–Kier alpha value is -1.14. The SMILES string of the molecule is CC(=O)N1CCCC(C(=O)NCC(C)(O)CO)C1. The molecule has 6 nitrogen and oxygen atoms in total. The van der Waals surface area contributed by atoms with Crippen molar-refractivity contribution in [3.63, 3.8) is 0 Å². The molecule has 2 amide bonds. The molecule has 3 N–H and O–H groups in total. The third kappa shape index (κ3) is 4.27. The lowest BCUT2D eigenvalue weighted by molar-refractivity contribution is -0.134. The summed E-state index contributed by atoms with van der Waals surface area (Å²) in [4.78, 5) is 24.8. The molecule has 1 fully saturated rings. The fourth-order valence-electron chi connectivity index (χ4n) is 1.95. The van der Waals surface area contributed by atoms with Gasteiger partial charge in [0.15, 0.2) is 0 Å². The highest BCUT2D eigenvalue weighted by Crippen LogP contribution is 2.16. The summed E-state index contributed by atoms with van der Waals surface area (Å²) >= 11 is 0. The highest BCUT2D eigenvalue weighted by atomic mass is 16.3. The van der Waals surface area contributed by atoms with Gasteiger partial charge in [-0.2, -0.15) is 0 Å². The summed E-state index contributed by atoms with van der Waals surface area (Å²) < 4.78 is 0. The molecule has 1 heterocycles. The van der Waals surface area contributed by atoms with Gasteiger partial charge in [-0.25, -0.2) is 0 Å². The lowest BCUT2D eigenvalue weighted by atomic mass is 9.96. The summed E-state index contributed by atoms with van der Waals surface area (Å²) in [5.74, 6) is -0.415. The van der Waals surface area contributed by atoms with Crippen molar-refractivity contribution in [1.82, 2.24) is 10.2 Å². The zero-order valence-corrected chi connectivity index (χ0v) is 11.0. The quantitative estimate of drug-likeness (QED) is 0.610. The maximum absolute atomic E-state index is 11.9. The summed E-state index contributed by atoms with van der Waals surface area (Å²) in [5.41, 5.74) is -1.30. The molecule has 1 rings (SSSR count). The Kier molecular flexibility index (Phi) is 5.10. The van der Waals surface area contributed by atoms with E-state index in [9.17, 15) is 14.7 Å². The van der Waals surface area contributed by atoms with Crippen molar-refractivity contribution in [2.24, 2.45) is 5.92 Å². The Morgan fingerprint density at radius 2 is 2.17 bits per heavy atom. The molecular formula is C12H22N2O4. The highest BCUT2D eigenvalue weighted by molar-refractivity contribution is 5.80. The Morgan fingerprint density at radius 3 is 2.72 bits per heavy atom. The zero-order chi connectivity index (χ0) is 13.8. The van der Waals surface area contributed by atoms with Crippen LogP contribution in [0.3, 0.4) is 0 Å². The third-order valence-corrected chi connectivity index (χ3v) is 3.22. The molecule has 0 aliphatic carbocycles. The van der Waals surface area contributed by atoms with Crippen LogP contribution >= 0.6 is 0 Å². The van der Waals surface area contributed by atoms with Crippen LogP contribution < -0.4 is 5.32 Å². The summed E-state index contributed by atoms with van der Waals surface area (Å²) in [6, 6.07) is 0. The van der Waals surface area contributed by atoms with E-state index in [-0.39, 0.29) is 24.3 Å². The predicted octanol–water partition coefficient (Wildman–Crippen LogP) is -0.896. The van der Waals surface area contributed by atoms with Crippen molar-refractivity contribution in [1.29, 1.82) is 0 Å². The fraction of sp³-hybridized carbons (Fsp3) is 0.833. The van der Waals surface area contributed by atoms with Gasteiger partial charge in [-0.15, -0.1) is 0 Å². The molecule has 1 saturated heterocycles. The molecule has 18 heavy (non-hydrogen) atoms. The molecule has 0 aromatic carbocycles.